The Morgan fingerprint density at radius 2 is 2.08 bits per heavy atom. The highest BCUT2D eigenvalue weighted by Gasteiger charge is 2.01. The smallest absolute Gasteiger partial charge is 0.0832 e. The molecular weight excluding hydrogens is 228 g/mol. The molecule has 3 heteroatoms. The van der Waals surface area contributed by atoms with Crippen molar-refractivity contribution in [2.24, 2.45) is 0 Å². The number of rotatable bonds is 0. The van der Waals surface area contributed by atoms with Crippen LogP contribution in [0.25, 0.3) is 5.52 Å². The molecule has 0 aliphatic carbocycles. The van der Waals surface area contributed by atoms with E-state index in [1.165, 1.54) is 5.56 Å². The molecule has 2 heterocycles. The van der Waals surface area contributed by atoms with Crippen LogP contribution in [0.1, 0.15) is 19.4 Å². The van der Waals surface area contributed by atoms with E-state index in [1.54, 1.807) is 0 Å². The van der Waals surface area contributed by atoms with Gasteiger partial charge in [-0.3, -0.25) is 0 Å². The van der Waals surface area contributed by atoms with Gasteiger partial charge in [-0.25, -0.2) is 4.52 Å². The van der Waals surface area contributed by atoms with Crippen LogP contribution in [0.4, 0.5) is 0 Å². The maximum absolute atomic E-state index is 4.17. The minimum atomic E-state index is 1.09. The zero-order chi connectivity index (χ0) is 9.84. The van der Waals surface area contributed by atoms with Gasteiger partial charge in [-0.15, -0.1) is 0 Å². The van der Waals surface area contributed by atoms with Crippen molar-refractivity contribution >= 4 is 21.4 Å². The summed E-state index contributed by atoms with van der Waals surface area (Å²) in [6.45, 7) is 6.05. The van der Waals surface area contributed by atoms with Crippen LogP contribution in [-0.4, -0.2) is 9.61 Å². The quantitative estimate of drug-likeness (QED) is 0.690. The van der Waals surface area contributed by atoms with Gasteiger partial charge in [-0.1, -0.05) is 13.8 Å². The van der Waals surface area contributed by atoms with Gasteiger partial charge in [0.1, 0.15) is 0 Å². The fourth-order valence-electron chi connectivity index (χ4n) is 1.15. The van der Waals surface area contributed by atoms with Crippen LogP contribution in [0.2, 0.25) is 0 Å². The molecule has 0 fully saturated rings. The van der Waals surface area contributed by atoms with E-state index in [0.717, 1.165) is 9.99 Å². The molecule has 0 unspecified atom stereocenters. The number of hydrogen-bond acceptors (Lipinski definition) is 1. The van der Waals surface area contributed by atoms with Crippen LogP contribution < -0.4 is 0 Å². The van der Waals surface area contributed by atoms with Crippen molar-refractivity contribution in [2.75, 3.05) is 0 Å². The molecule has 0 bridgehead atoms. The summed E-state index contributed by atoms with van der Waals surface area (Å²) in [5.41, 5.74) is 2.34. The Labute approximate surface area is 86.7 Å². The maximum Gasteiger partial charge on any atom is 0.0832 e. The van der Waals surface area contributed by atoms with Crippen molar-refractivity contribution in [2.45, 2.75) is 20.8 Å². The molecule has 2 nitrogen and oxygen atoms in total. The predicted octanol–water partition coefficient (Wildman–Crippen LogP) is 3.43. The molecule has 0 aliphatic heterocycles. The molecule has 2 aromatic heterocycles. The fourth-order valence-corrected chi connectivity index (χ4v) is 1.79. The van der Waals surface area contributed by atoms with Crippen LogP contribution in [0, 0.1) is 6.92 Å². The van der Waals surface area contributed by atoms with Crippen molar-refractivity contribution in [1.82, 2.24) is 9.61 Å². The van der Waals surface area contributed by atoms with Crippen LogP contribution in [0.15, 0.2) is 29.0 Å². The first-order valence-electron chi connectivity index (χ1n) is 4.37. The van der Waals surface area contributed by atoms with Crippen LogP contribution >= 0.6 is 15.9 Å². The van der Waals surface area contributed by atoms with E-state index in [0.29, 0.717) is 0 Å². The maximum atomic E-state index is 4.17. The highest BCUT2D eigenvalue weighted by molar-refractivity contribution is 9.10. The Balaban J connectivity index is 0.000000396. The number of hydrogen-bond donors (Lipinski definition) is 0. The van der Waals surface area contributed by atoms with Gasteiger partial charge in [0.2, 0.25) is 0 Å². The zero-order valence-electron chi connectivity index (χ0n) is 8.08. The lowest BCUT2D eigenvalue weighted by Gasteiger charge is -1.95. The largest absolute Gasteiger partial charge is 0.240 e. The SMILES string of the molecule is CC.Cc1cnn2cccc(Br)c12. The fraction of sp³-hybridized carbons (Fsp3) is 0.300. The van der Waals surface area contributed by atoms with Gasteiger partial charge in [0.05, 0.1) is 11.7 Å². The number of pyridine rings is 1. The molecule has 0 atom stereocenters. The van der Waals surface area contributed by atoms with E-state index < -0.39 is 0 Å². The van der Waals surface area contributed by atoms with Gasteiger partial charge in [0.25, 0.3) is 0 Å². The van der Waals surface area contributed by atoms with Crippen molar-refractivity contribution in [3.63, 3.8) is 0 Å². The van der Waals surface area contributed by atoms with E-state index in [-0.39, 0.29) is 0 Å². The van der Waals surface area contributed by atoms with Crippen molar-refractivity contribution in [3.05, 3.63) is 34.6 Å². The number of aromatic nitrogens is 2. The van der Waals surface area contributed by atoms with Gasteiger partial charge < -0.3 is 0 Å². The first kappa shape index (κ1) is 10.3. The highest BCUT2D eigenvalue weighted by atomic mass is 79.9. The summed E-state index contributed by atoms with van der Waals surface area (Å²) in [6.07, 6.45) is 3.80. The summed E-state index contributed by atoms with van der Waals surface area (Å²) in [5, 5.41) is 4.17. The lowest BCUT2D eigenvalue weighted by atomic mass is 10.3. The molecule has 0 aromatic carbocycles. The minimum absolute atomic E-state index is 1.09. The van der Waals surface area contributed by atoms with Crippen molar-refractivity contribution in [3.8, 4) is 0 Å². The van der Waals surface area contributed by atoms with Crippen molar-refractivity contribution < 1.29 is 0 Å². The third-order valence-electron chi connectivity index (χ3n) is 1.67. The molecule has 0 spiro atoms. The zero-order valence-corrected chi connectivity index (χ0v) is 9.67. The van der Waals surface area contributed by atoms with E-state index in [2.05, 4.69) is 21.0 Å². The molecule has 0 saturated carbocycles. The number of aryl methyl sites for hydroxylation is 1. The van der Waals surface area contributed by atoms with E-state index in [4.69, 9.17) is 0 Å². The van der Waals surface area contributed by atoms with Crippen molar-refractivity contribution in [1.29, 1.82) is 0 Å². The predicted molar refractivity (Wildman–Crippen MR) is 59.0 cm³/mol. The second-order valence-corrected chi connectivity index (χ2v) is 3.33. The summed E-state index contributed by atoms with van der Waals surface area (Å²) in [4.78, 5) is 0. The molecule has 0 radical (unpaired) electrons. The third kappa shape index (κ3) is 1.91. The molecule has 0 amide bonds. The molecule has 2 rings (SSSR count). The second-order valence-electron chi connectivity index (χ2n) is 2.48. The topological polar surface area (TPSA) is 17.3 Å². The van der Waals surface area contributed by atoms with E-state index in [9.17, 15) is 0 Å². The molecule has 70 valence electrons. The molecule has 2 aromatic rings. The standard InChI is InChI=1S/C8H7BrN2.C2H6/c1-6-5-10-11-4-2-3-7(9)8(6)11;1-2/h2-5H,1H3;1-2H3. The average molecular weight is 241 g/mol. The average Bonchev–Trinajstić information content (AvgIpc) is 2.53. The third-order valence-corrected chi connectivity index (χ3v) is 2.31. The molecular formula is C10H13BrN2. The van der Waals surface area contributed by atoms with Crippen LogP contribution in [-0.2, 0) is 0 Å². The second kappa shape index (κ2) is 4.42. The van der Waals surface area contributed by atoms with Gasteiger partial charge in [-0.2, -0.15) is 5.10 Å². The normalized spacial score (nSPS) is 9.54. The Morgan fingerprint density at radius 1 is 1.38 bits per heavy atom. The Hall–Kier alpha value is -0.830. The van der Waals surface area contributed by atoms with Crippen LogP contribution in [0.5, 0.6) is 0 Å². The Kier molecular flexibility index (Phi) is 3.48. The number of fused-ring (bicyclic) bond motifs is 1. The first-order valence-corrected chi connectivity index (χ1v) is 5.17. The minimum Gasteiger partial charge on any atom is -0.240 e. The molecule has 0 N–H and O–H groups in total. The van der Waals surface area contributed by atoms with Gasteiger partial charge >= 0.3 is 0 Å². The summed E-state index contributed by atoms with van der Waals surface area (Å²) >= 11 is 3.47. The van der Waals surface area contributed by atoms with Gasteiger partial charge in [0.15, 0.2) is 0 Å². The number of nitrogens with zero attached hydrogens (tertiary/aromatic N) is 2. The van der Waals surface area contributed by atoms with Gasteiger partial charge in [-0.05, 0) is 40.5 Å². The summed E-state index contributed by atoms with van der Waals surface area (Å²) in [5.74, 6) is 0. The van der Waals surface area contributed by atoms with Gasteiger partial charge in [0, 0.05) is 10.7 Å². The molecule has 0 aliphatic rings. The van der Waals surface area contributed by atoms with E-state index in [1.807, 2.05) is 49.8 Å². The first-order chi connectivity index (χ1) is 6.29. The Morgan fingerprint density at radius 3 is 2.69 bits per heavy atom. The summed E-state index contributed by atoms with van der Waals surface area (Å²) in [7, 11) is 0. The Bertz CT molecular complexity index is 393. The molecule has 0 saturated heterocycles. The monoisotopic (exact) mass is 240 g/mol. The van der Waals surface area contributed by atoms with E-state index >= 15 is 0 Å². The number of halogens is 1. The van der Waals surface area contributed by atoms with Crippen LogP contribution in [0.3, 0.4) is 0 Å². The lowest BCUT2D eigenvalue weighted by molar-refractivity contribution is 0.958. The lowest BCUT2D eigenvalue weighted by Crippen LogP contribution is -1.85. The summed E-state index contributed by atoms with van der Waals surface area (Å²) in [6, 6.07) is 3.98. The highest BCUT2D eigenvalue weighted by Crippen LogP contribution is 2.19. The summed E-state index contributed by atoms with van der Waals surface area (Å²) < 4.78 is 2.95. The molecule has 13 heavy (non-hydrogen) atoms.